The highest BCUT2D eigenvalue weighted by atomic mass is 31.2. The molecule has 0 aromatic rings. The summed E-state index contributed by atoms with van der Waals surface area (Å²) in [5, 5.41) is 10.5. The molecule has 0 rings (SSSR count). The molecule has 0 fully saturated rings. The molecule has 79 heavy (non-hydrogen) atoms. The molecule has 3 N–H and O–H groups in total. The number of phosphoric acid groups is 2. The highest BCUT2D eigenvalue weighted by Crippen LogP contribution is 2.45. The number of esters is 4. The molecular formula is C60H116O17P2. The molecule has 17 nitrogen and oxygen atoms in total. The van der Waals surface area contributed by atoms with E-state index in [9.17, 15) is 43.2 Å². The molecule has 0 aromatic carbocycles. The minimum Gasteiger partial charge on any atom is -0.462 e. The van der Waals surface area contributed by atoms with E-state index in [4.69, 9.17) is 37.0 Å². The van der Waals surface area contributed by atoms with Gasteiger partial charge in [0.2, 0.25) is 0 Å². The lowest BCUT2D eigenvalue weighted by molar-refractivity contribution is -0.161. The van der Waals surface area contributed by atoms with Crippen LogP contribution in [0.15, 0.2) is 0 Å². The second kappa shape index (κ2) is 51.7. The first-order valence-corrected chi connectivity index (χ1v) is 34.3. The Labute approximate surface area is 479 Å². The Morgan fingerprint density at radius 2 is 0.582 bits per heavy atom. The zero-order valence-electron chi connectivity index (χ0n) is 50.8. The maximum absolute atomic E-state index is 12.9. The van der Waals surface area contributed by atoms with Gasteiger partial charge >= 0.3 is 39.5 Å². The van der Waals surface area contributed by atoms with Crippen molar-refractivity contribution in [2.75, 3.05) is 39.6 Å². The van der Waals surface area contributed by atoms with Gasteiger partial charge in [-0.05, 0) is 43.4 Å². The molecule has 0 aliphatic rings. The molecule has 0 saturated carbocycles. The third-order valence-corrected chi connectivity index (χ3v) is 15.5. The first-order valence-electron chi connectivity index (χ1n) is 31.3. The molecule has 0 aliphatic carbocycles. The predicted molar refractivity (Wildman–Crippen MR) is 312 cm³/mol. The Balaban J connectivity index is 5.15. The maximum Gasteiger partial charge on any atom is 0.472 e. The van der Waals surface area contributed by atoms with E-state index in [0.29, 0.717) is 37.5 Å². The van der Waals surface area contributed by atoms with Gasteiger partial charge in [0, 0.05) is 25.7 Å². The number of hydrogen-bond donors (Lipinski definition) is 3. The second-order valence-electron chi connectivity index (χ2n) is 23.2. The Hall–Kier alpha value is -1.94. The van der Waals surface area contributed by atoms with Crippen LogP contribution in [0, 0.1) is 17.8 Å². The molecule has 0 bridgehead atoms. The van der Waals surface area contributed by atoms with Gasteiger partial charge < -0.3 is 33.8 Å². The first-order chi connectivity index (χ1) is 37.7. The summed E-state index contributed by atoms with van der Waals surface area (Å²) in [5.74, 6) is -0.0220. The highest BCUT2D eigenvalue weighted by Gasteiger charge is 2.30. The summed E-state index contributed by atoms with van der Waals surface area (Å²) < 4.78 is 67.6. The van der Waals surface area contributed by atoms with Gasteiger partial charge in [0.15, 0.2) is 12.2 Å². The van der Waals surface area contributed by atoms with Crippen LogP contribution < -0.4 is 0 Å². The summed E-state index contributed by atoms with van der Waals surface area (Å²) in [5.41, 5.74) is 0. The summed E-state index contributed by atoms with van der Waals surface area (Å²) in [6.45, 7) is 11.5. The van der Waals surface area contributed by atoms with Crippen LogP contribution in [0.5, 0.6) is 0 Å². The van der Waals surface area contributed by atoms with Crippen molar-refractivity contribution in [3.63, 3.8) is 0 Å². The van der Waals surface area contributed by atoms with Crippen molar-refractivity contribution in [1.29, 1.82) is 0 Å². The minimum atomic E-state index is -4.94. The number of rotatable bonds is 58. The van der Waals surface area contributed by atoms with Crippen LogP contribution in [-0.4, -0.2) is 96.7 Å². The van der Waals surface area contributed by atoms with Gasteiger partial charge in [-0.1, -0.05) is 235 Å². The average molecular weight is 1170 g/mol. The molecule has 0 saturated heterocycles. The lowest BCUT2D eigenvalue weighted by Crippen LogP contribution is -2.30. The molecule has 2 unspecified atom stereocenters. The van der Waals surface area contributed by atoms with Crippen LogP contribution in [0.2, 0.25) is 0 Å². The number of carbonyl (C=O) groups is 4. The van der Waals surface area contributed by atoms with E-state index in [1.165, 1.54) is 83.5 Å². The maximum atomic E-state index is 12.9. The van der Waals surface area contributed by atoms with E-state index in [1.54, 1.807) is 0 Å². The van der Waals surface area contributed by atoms with Crippen molar-refractivity contribution >= 4 is 39.5 Å². The van der Waals surface area contributed by atoms with Gasteiger partial charge in [0.1, 0.15) is 19.3 Å². The van der Waals surface area contributed by atoms with Gasteiger partial charge in [-0.25, -0.2) is 9.13 Å². The van der Waals surface area contributed by atoms with Gasteiger partial charge in [0.25, 0.3) is 0 Å². The fraction of sp³-hybridized carbons (Fsp3) is 0.933. The second-order valence-corrected chi connectivity index (χ2v) is 26.1. The summed E-state index contributed by atoms with van der Waals surface area (Å²) >= 11 is 0. The van der Waals surface area contributed by atoms with Crippen LogP contribution in [0.1, 0.15) is 286 Å². The lowest BCUT2D eigenvalue weighted by Gasteiger charge is -2.21. The number of unbranched alkanes of at least 4 members (excludes halogenated alkanes) is 26. The molecule has 0 aromatic heterocycles. The predicted octanol–water partition coefficient (Wildman–Crippen LogP) is 15.9. The molecule has 5 atom stereocenters. The van der Waals surface area contributed by atoms with Gasteiger partial charge in [-0.2, -0.15) is 0 Å². The zero-order valence-corrected chi connectivity index (χ0v) is 52.6. The molecule has 468 valence electrons. The van der Waals surface area contributed by atoms with E-state index < -0.39 is 97.5 Å². The number of aliphatic hydroxyl groups is 1. The van der Waals surface area contributed by atoms with Crippen molar-refractivity contribution < 1.29 is 80.2 Å². The topological polar surface area (TPSA) is 237 Å². The molecule has 19 heteroatoms. The standard InChI is InChI=1S/C60H116O17P2/c1-8-9-10-24-34-41-57(62)70-47-55(77-60(65)44-37-30-23-21-27-33-40-53(6)7)49-74-78(66,67)72-45-54(61)46-73-79(68,69)75-50-56(48-71-58(63)42-35-28-22-20-26-32-39-52(4)5)76-59(64)43-36-29-19-17-15-13-11-12-14-16-18-25-31-38-51(2)3/h51-56,61H,8-50H2,1-7H3,(H,66,67)(H,68,69)/t54-,55+,56+/m0/s1. The van der Waals surface area contributed by atoms with E-state index >= 15 is 0 Å². The van der Waals surface area contributed by atoms with Gasteiger partial charge in [0.05, 0.1) is 26.4 Å². The van der Waals surface area contributed by atoms with Crippen molar-refractivity contribution in [1.82, 2.24) is 0 Å². The lowest BCUT2D eigenvalue weighted by atomic mass is 10.0. The third kappa shape index (κ3) is 55.0. The number of phosphoric ester groups is 2. The SMILES string of the molecule is CCCCCCCC(=O)OC[C@H](COP(=O)(O)OC[C@H](O)COP(=O)(O)OC[C@@H](COC(=O)CCCCCCCCC(C)C)OC(=O)CCCCCCCCCCCCCCCC(C)C)OC(=O)CCCCCCCCC(C)C. The Kier molecular flexibility index (Phi) is 50.4. The molecular weight excluding hydrogens is 1050 g/mol. The molecule has 0 spiro atoms. The van der Waals surface area contributed by atoms with Crippen LogP contribution >= 0.6 is 15.6 Å². The minimum absolute atomic E-state index is 0.101. The summed E-state index contributed by atoms with van der Waals surface area (Å²) in [7, 11) is -9.87. The number of ether oxygens (including phenoxy) is 4. The van der Waals surface area contributed by atoms with Crippen LogP contribution in [-0.2, 0) is 65.4 Å². The third-order valence-electron chi connectivity index (χ3n) is 13.6. The van der Waals surface area contributed by atoms with E-state index in [1.807, 2.05) is 0 Å². The smallest absolute Gasteiger partial charge is 0.462 e. The summed E-state index contributed by atoms with van der Waals surface area (Å²) in [6, 6.07) is 0. The van der Waals surface area contributed by atoms with E-state index in [0.717, 1.165) is 109 Å². The first kappa shape index (κ1) is 77.1. The van der Waals surface area contributed by atoms with Crippen molar-refractivity contribution in [2.24, 2.45) is 17.8 Å². The van der Waals surface area contributed by atoms with Gasteiger partial charge in [-0.3, -0.25) is 37.3 Å². The van der Waals surface area contributed by atoms with Crippen molar-refractivity contribution in [3.8, 4) is 0 Å². The Bertz CT molecular complexity index is 1580. The van der Waals surface area contributed by atoms with Crippen LogP contribution in [0.4, 0.5) is 0 Å². The van der Waals surface area contributed by atoms with E-state index in [2.05, 4.69) is 48.5 Å². The molecule has 0 amide bonds. The normalized spacial score (nSPS) is 14.5. The number of carbonyl (C=O) groups excluding carboxylic acids is 4. The molecule has 0 heterocycles. The fourth-order valence-corrected chi connectivity index (χ4v) is 10.4. The van der Waals surface area contributed by atoms with Crippen LogP contribution in [0.3, 0.4) is 0 Å². The zero-order chi connectivity index (χ0) is 58.8. The largest absolute Gasteiger partial charge is 0.472 e. The highest BCUT2D eigenvalue weighted by molar-refractivity contribution is 7.47. The average Bonchev–Trinajstić information content (AvgIpc) is 3.39. The molecule has 0 radical (unpaired) electrons. The number of aliphatic hydroxyl groups excluding tert-OH is 1. The summed E-state index contributed by atoms with van der Waals surface area (Å²) in [6.07, 6.45) is 31.4. The Morgan fingerprint density at radius 1 is 0.342 bits per heavy atom. The molecule has 0 aliphatic heterocycles. The van der Waals surface area contributed by atoms with Gasteiger partial charge in [-0.15, -0.1) is 0 Å². The summed E-state index contributed by atoms with van der Waals surface area (Å²) in [4.78, 5) is 71.7. The monoisotopic (exact) mass is 1170 g/mol. The van der Waals surface area contributed by atoms with E-state index in [-0.39, 0.29) is 25.7 Å². The number of hydrogen-bond acceptors (Lipinski definition) is 15. The van der Waals surface area contributed by atoms with Crippen molar-refractivity contribution in [3.05, 3.63) is 0 Å². The van der Waals surface area contributed by atoms with Crippen LogP contribution in [0.25, 0.3) is 0 Å². The van der Waals surface area contributed by atoms with Crippen molar-refractivity contribution in [2.45, 2.75) is 304 Å². The quantitative estimate of drug-likeness (QED) is 0.0222. The fourth-order valence-electron chi connectivity index (χ4n) is 8.77. The Morgan fingerprint density at radius 3 is 0.861 bits per heavy atom.